The first-order valence-corrected chi connectivity index (χ1v) is 5.81. The van der Waals surface area contributed by atoms with Gasteiger partial charge in [0.2, 0.25) is 0 Å². The third-order valence-electron chi connectivity index (χ3n) is 2.09. The van der Waals surface area contributed by atoms with Crippen molar-refractivity contribution in [3.63, 3.8) is 0 Å². The number of rotatable bonds is 3. The Morgan fingerprint density at radius 1 is 1.29 bits per heavy atom. The number of benzene rings is 1. The van der Waals surface area contributed by atoms with Crippen molar-refractivity contribution < 1.29 is 8.42 Å². The Bertz CT molecular complexity index is 397. The van der Waals surface area contributed by atoms with Gasteiger partial charge in [-0.3, -0.25) is 4.31 Å². The van der Waals surface area contributed by atoms with Gasteiger partial charge in [0.15, 0.2) is 0 Å². The van der Waals surface area contributed by atoms with E-state index in [9.17, 15) is 8.42 Å². The van der Waals surface area contributed by atoms with Crippen molar-refractivity contribution >= 4 is 15.9 Å². The minimum Gasteiger partial charge on any atom is -0.261 e. The Labute approximate surface area is 84.5 Å². The SMILES string of the molecule is CCc1ccc(N(C)S(N)(=O)=O)cc1. The highest BCUT2D eigenvalue weighted by Crippen LogP contribution is 2.15. The summed E-state index contributed by atoms with van der Waals surface area (Å²) in [6, 6.07) is 7.25. The molecule has 4 nitrogen and oxygen atoms in total. The van der Waals surface area contributed by atoms with E-state index < -0.39 is 10.2 Å². The molecule has 2 N–H and O–H groups in total. The quantitative estimate of drug-likeness (QED) is 0.812. The van der Waals surface area contributed by atoms with E-state index in [1.165, 1.54) is 7.05 Å². The summed E-state index contributed by atoms with van der Waals surface area (Å²) in [7, 11) is -2.22. The number of anilines is 1. The molecule has 0 fully saturated rings. The van der Waals surface area contributed by atoms with E-state index in [0.29, 0.717) is 5.69 Å². The molecule has 0 aliphatic heterocycles. The molecule has 0 heterocycles. The molecule has 0 bridgehead atoms. The minimum atomic E-state index is -3.64. The van der Waals surface area contributed by atoms with Crippen LogP contribution in [-0.2, 0) is 16.6 Å². The van der Waals surface area contributed by atoms with Crippen molar-refractivity contribution in [2.75, 3.05) is 11.4 Å². The second-order valence-corrected chi connectivity index (χ2v) is 4.61. The van der Waals surface area contributed by atoms with Gasteiger partial charge in [-0.05, 0) is 24.1 Å². The highest BCUT2D eigenvalue weighted by atomic mass is 32.2. The molecule has 0 saturated carbocycles. The van der Waals surface area contributed by atoms with Gasteiger partial charge in [0.25, 0.3) is 10.2 Å². The first-order chi connectivity index (χ1) is 6.45. The molecule has 0 aliphatic rings. The maximum absolute atomic E-state index is 11.0. The maximum atomic E-state index is 11.0. The van der Waals surface area contributed by atoms with E-state index in [2.05, 4.69) is 0 Å². The van der Waals surface area contributed by atoms with Gasteiger partial charge in [-0.25, -0.2) is 5.14 Å². The zero-order valence-electron chi connectivity index (χ0n) is 8.27. The lowest BCUT2D eigenvalue weighted by molar-refractivity contribution is 0.596. The predicted octanol–water partition coefficient (Wildman–Crippen LogP) is 0.889. The van der Waals surface area contributed by atoms with E-state index in [0.717, 1.165) is 16.3 Å². The lowest BCUT2D eigenvalue weighted by Gasteiger charge is -2.15. The third-order valence-corrected chi connectivity index (χ3v) is 3.06. The van der Waals surface area contributed by atoms with Gasteiger partial charge in [0, 0.05) is 7.05 Å². The van der Waals surface area contributed by atoms with Crippen molar-refractivity contribution in [3.05, 3.63) is 29.8 Å². The molecule has 0 aliphatic carbocycles. The monoisotopic (exact) mass is 214 g/mol. The summed E-state index contributed by atoms with van der Waals surface area (Å²) in [5.41, 5.74) is 1.74. The fourth-order valence-electron chi connectivity index (χ4n) is 1.09. The van der Waals surface area contributed by atoms with Crippen molar-refractivity contribution in [2.24, 2.45) is 5.14 Å². The normalized spacial score (nSPS) is 11.4. The molecule has 0 amide bonds. The van der Waals surface area contributed by atoms with Crippen LogP contribution >= 0.6 is 0 Å². The van der Waals surface area contributed by atoms with Crippen molar-refractivity contribution in [2.45, 2.75) is 13.3 Å². The first kappa shape index (κ1) is 11.0. The zero-order valence-corrected chi connectivity index (χ0v) is 9.08. The Kier molecular flexibility index (Phi) is 3.13. The second kappa shape index (κ2) is 3.98. The van der Waals surface area contributed by atoms with Crippen LogP contribution in [0.1, 0.15) is 12.5 Å². The lowest BCUT2D eigenvalue weighted by atomic mass is 10.1. The average molecular weight is 214 g/mol. The summed E-state index contributed by atoms with van der Waals surface area (Å²) >= 11 is 0. The van der Waals surface area contributed by atoms with Gasteiger partial charge in [-0.1, -0.05) is 19.1 Å². The molecule has 14 heavy (non-hydrogen) atoms. The Morgan fingerprint density at radius 3 is 2.14 bits per heavy atom. The van der Waals surface area contributed by atoms with Gasteiger partial charge in [0.05, 0.1) is 5.69 Å². The molecule has 1 rings (SSSR count). The highest BCUT2D eigenvalue weighted by Gasteiger charge is 2.11. The number of nitrogens with zero attached hydrogens (tertiary/aromatic N) is 1. The first-order valence-electron chi connectivity index (χ1n) is 4.30. The number of hydrogen-bond acceptors (Lipinski definition) is 2. The Balaban J connectivity index is 2.98. The summed E-state index contributed by atoms with van der Waals surface area (Å²) in [6.07, 6.45) is 0.930. The lowest BCUT2D eigenvalue weighted by Crippen LogP contribution is -2.33. The van der Waals surface area contributed by atoms with Crippen LogP contribution in [0.4, 0.5) is 5.69 Å². The van der Waals surface area contributed by atoms with Gasteiger partial charge >= 0.3 is 0 Å². The molecule has 0 aromatic heterocycles. The smallest absolute Gasteiger partial charge is 0.261 e. The van der Waals surface area contributed by atoms with E-state index in [1.807, 2.05) is 19.1 Å². The number of nitrogens with two attached hydrogens (primary N) is 1. The van der Waals surface area contributed by atoms with E-state index in [1.54, 1.807) is 12.1 Å². The molecular formula is C9H14N2O2S. The largest absolute Gasteiger partial charge is 0.298 e. The average Bonchev–Trinajstić information content (AvgIpc) is 2.15. The molecule has 78 valence electrons. The van der Waals surface area contributed by atoms with Crippen LogP contribution in [0.25, 0.3) is 0 Å². The second-order valence-electron chi connectivity index (χ2n) is 3.03. The topological polar surface area (TPSA) is 63.4 Å². The molecule has 1 aromatic carbocycles. The molecule has 0 spiro atoms. The Hall–Kier alpha value is -1.07. The van der Waals surface area contributed by atoms with Crippen molar-refractivity contribution in [1.82, 2.24) is 0 Å². The van der Waals surface area contributed by atoms with Crippen molar-refractivity contribution in [3.8, 4) is 0 Å². The van der Waals surface area contributed by atoms with E-state index in [-0.39, 0.29) is 0 Å². The minimum absolute atomic E-state index is 0.574. The zero-order chi connectivity index (χ0) is 10.8. The summed E-state index contributed by atoms with van der Waals surface area (Å²) in [6.45, 7) is 2.04. The van der Waals surface area contributed by atoms with Crippen LogP contribution in [-0.4, -0.2) is 15.5 Å². The molecule has 0 unspecified atom stereocenters. The molecule has 5 heteroatoms. The predicted molar refractivity (Wildman–Crippen MR) is 57.3 cm³/mol. The molecule has 0 atom stereocenters. The van der Waals surface area contributed by atoms with Gasteiger partial charge in [-0.2, -0.15) is 8.42 Å². The summed E-state index contributed by atoms with van der Waals surface area (Å²) in [5.74, 6) is 0. The maximum Gasteiger partial charge on any atom is 0.298 e. The van der Waals surface area contributed by atoms with Crippen LogP contribution in [0.2, 0.25) is 0 Å². The highest BCUT2D eigenvalue weighted by molar-refractivity contribution is 7.90. The fourth-order valence-corrected chi connectivity index (χ4v) is 1.50. The van der Waals surface area contributed by atoms with E-state index >= 15 is 0 Å². The van der Waals surface area contributed by atoms with Crippen LogP contribution in [0.3, 0.4) is 0 Å². The van der Waals surface area contributed by atoms with Crippen LogP contribution in [0, 0.1) is 0 Å². The molecule has 0 saturated heterocycles. The van der Waals surface area contributed by atoms with Gasteiger partial charge < -0.3 is 0 Å². The van der Waals surface area contributed by atoms with Crippen LogP contribution in [0.15, 0.2) is 24.3 Å². The van der Waals surface area contributed by atoms with Crippen molar-refractivity contribution in [1.29, 1.82) is 0 Å². The summed E-state index contributed by atoms with van der Waals surface area (Å²) in [4.78, 5) is 0. The molecule has 1 aromatic rings. The fraction of sp³-hybridized carbons (Fsp3) is 0.333. The van der Waals surface area contributed by atoms with E-state index in [4.69, 9.17) is 5.14 Å². The summed E-state index contributed by atoms with van der Waals surface area (Å²) < 4.78 is 23.0. The van der Waals surface area contributed by atoms with Gasteiger partial charge in [0.1, 0.15) is 0 Å². The van der Waals surface area contributed by atoms with Crippen LogP contribution < -0.4 is 9.44 Å². The van der Waals surface area contributed by atoms with Gasteiger partial charge in [-0.15, -0.1) is 0 Å². The summed E-state index contributed by atoms with van der Waals surface area (Å²) in [5, 5.41) is 4.98. The molecular weight excluding hydrogens is 200 g/mol. The molecule has 0 radical (unpaired) electrons. The van der Waals surface area contributed by atoms with Crippen LogP contribution in [0.5, 0.6) is 0 Å². The number of aryl methyl sites for hydroxylation is 1. The third kappa shape index (κ3) is 2.46. The Morgan fingerprint density at radius 2 is 1.79 bits per heavy atom. The standard InChI is InChI=1S/C9H14N2O2S/c1-3-8-4-6-9(7-5-8)11(2)14(10,12)13/h4-7H,3H2,1-2H3,(H2,10,12,13). The number of hydrogen-bond donors (Lipinski definition) is 1.